The average molecular weight is 228 g/mol. The second kappa shape index (κ2) is 3.29. The number of H-pyrrole nitrogens is 1. The van der Waals surface area contributed by atoms with Crippen molar-refractivity contribution in [1.82, 2.24) is 20.3 Å². The zero-order chi connectivity index (χ0) is 11.4. The lowest BCUT2D eigenvalue weighted by Crippen LogP contribution is -2.22. The quantitative estimate of drug-likeness (QED) is 0.783. The van der Waals surface area contributed by atoms with Crippen LogP contribution in [0.2, 0.25) is 0 Å². The Labute approximate surface area is 99.9 Å². The minimum atomic E-state index is 0.559. The first-order valence-electron chi connectivity index (χ1n) is 6.38. The van der Waals surface area contributed by atoms with E-state index in [1.807, 2.05) is 6.20 Å². The maximum atomic E-state index is 4.65. The lowest BCUT2D eigenvalue weighted by molar-refractivity contribution is 0.490. The molecule has 0 aliphatic carbocycles. The van der Waals surface area contributed by atoms with E-state index < -0.39 is 0 Å². The molecule has 0 aromatic carbocycles. The Morgan fingerprint density at radius 2 is 2.29 bits per heavy atom. The molecule has 0 amide bonds. The van der Waals surface area contributed by atoms with Crippen molar-refractivity contribution in [1.29, 1.82) is 0 Å². The van der Waals surface area contributed by atoms with Gasteiger partial charge in [0.15, 0.2) is 5.65 Å². The highest BCUT2D eigenvalue weighted by Crippen LogP contribution is 2.39. The number of fused-ring (bicyclic) bond motifs is 3. The lowest BCUT2D eigenvalue weighted by atomic mass is 9.89. The summed E-state index contributed by atoms with van der Waals surface area (Å²) in [6.07, 6.45) is 5.73. The fourth-order valence-electron chi connectivity index (χ4n) is 3.33. The molecule has 2 aromatic heterocycles. The summed E-state index contributed by atoms with van der Waals surface area (Å²) in [6.45, 7) is 2.06. The zero-order valence-corrected chi connectivity index (χ0v) is 9.90. The smallest absolute Gasteiger partial charge is 0.177 e. The van der Waals surface area contributed by atoms with Crippen molar-refractivity contribution in [3.05, 3.63) is 23.7 Å². The number of pyridine rings is 1. The van der Waals surface area contributed by atoms with Gasteiger partial charge in [-0.25, -0.2) is 9.97 Å². The third-order valence-electron chi connectivity index (χ3n) is 4.14. The molecule has 2 aliphatic heterocycles. The molecule has 0 saturated carbocycles. The van der Waals surface area contributed by atoms with E-state index in [1.165, 1.54) is 24.8 Å². The van der Waals surface area contributed by atoms with E-state index in [-0.39, 0.29) is 0 Å². The van der Waals surface area contributed by atoms with Gasteiger partial charge >= 0.3 is 0 Å². The highest BCUT2D eigenvalue weighted by Gasteiger charge is 2.41. The summed E-state index contributed by atoms with van der Waals surface area (Å²) in [5.74, 6) is 1.68. The Morgan fingerprint density at radius 3 is 3.06 bits per heavy atom. The third kappa shape index (κ3) is 1.40. The molecule has 2 saturated heterocycles. The number of imidazole rings is 1. The highest BCUT2D eigenvalue weighted by molar-refractivity contribution is 5.71. The van der Waals surface area contributed by atoms with Crippen molar-refractivity contribution < 1.29 is 0 Å². The minimum Gasteiger partial charge on any atom is -0.340 e. The Balaban J connectivity index is 1.76. The normalized spacial score (nSPS) is 31.5. The van der Waals surface area contributed by atoms with Crippen LogP contribution in [0.15, 0.2) is 12.3 Å². The molecular weight excluding hydrogens is 212 g/mol. The van der Waals surface area contributed by atoms with Crippen molar-refractivity contribution in [2.45, 2.75) is 44.2 Å². The van der Waals surface area contributed by atoms with Crippen LogP contribution in [0.1, 0.15) is 36.6 Å². The molecule has 4 heteroatoms. The molecule has 0 spiro atoms. The van der Waals surface area contributed by atoms with Crippen molar-refractivity contribution in [2.24, 2.45) is 0 Å². The second-order valence-corrected chi connectivity index (χ2v) is 5.40. The number of aromatic amines is 1. The molecule has 2 aromatic rings. The van der Waals surface area contributed by atoms with E-state index in [2.05, 4.69) is 33.3 Å². The van der Waals surface area contributed by atoms with E-state index in [9.17, 15) is 0 Å². The monoisotopic (exact) mass is 228 g/mol. The fourth-order valence-corrected chi connectivity index (χ4v) is 3.33. The SMILES string of the molecule is Cc1cnc2nc(C3CC4CCC3N4)[nH]c2c1. The number of aryl methyl sites for hydroxylation is 1. The van der Waals surface area contributed by atoms with Gasteiger partial charge in [0.05, 0.1) is 5.52 Å². The fraction of sp³-hybridized carbons (Fsp3) is 0.538. The number of nitrogens with zero attached hydrogens (tertiary/aromatic N) is 2. The van der Waals surface area contributed by atoms with Gasteiger partial charge in [0, 0.05) is 24.2 Å². The molecule has 88 valence electrons. The maximum Gasteiger partial charge on any atom is 0.177 e. The standard InChI is InChI=1S/C13H16N4/c1-7-4-11-13(14-6-7)17-12(16-11)9-5-8-2-3-10(9)15-8/h4,6,8-10,15H,2-3,5H2,1H3,(H,14,16,17). The minimum absolute atomic E-state index is 0.559. The summed E-state index contributed by atoms with van der Waals surface area (Å²) in [6, 6.07) is 3.47. The molecule has 4 rings (SSSR count). The van der Waals surface area contributed by atoms with Crippen LogP contribution in [0.3, 0.4) is 0 Å². The van der Waals surface area contributed by atoms with Crippen LogP contribution in [0.25, 0.3) is 11.2 Å². The first-order valence-corrected chi connectivity index (χ1v) is 6.38. The number of nitrogens with one attached hydrogen (secondary N) is 2. The van der Waals surface area contributed by atoms with Crippen LogP contribution < -0.4 is 5.32 Å². The molecule has 2 bridgehead atoms. The average Bonchev–Trinajstić information content (AvgIpc) is 3.01. The van der Waals surface area contributed by atoms with Crippen LogP contribution in [-0.2, 0) is 0 Å². The largest absolute Gasteiger partial charge is 0.340 e. The summed E-state index contributed by atoms with van der Waals surface area (Å²) in [5.41, 5.74) is 3.11. The first kappa shape index (κ1) is 9.59. The van der Waals surface area contributed by atoms with Crippen LogP contribution in [-0.4, -0.2) is 27.0 Å². The Hall–Kier alpha value is -1.42. The Bertz CT molecular complexity index is 574. The van der Waals surface area contributed by atoms with Gasteiger partial charge in [-0.15, -0.1) is 0 Å². The first-order chi connectivity index (χ1) is 8.29. The third-order valence-corrected chi connectivity index (χ3v) is 4.14. The molecule has 3 atom stereocenters. The van der Waals surface area contributed by atoms with E-state index in [4.69, 9.17) is 0 Å². The van der Waals surface area contributed by atoms with Crippen LogP contribution in [0, 0.1) is 6.92 Å². The Morgan fingerprint density at radius 1 is 1.35 bits per heavy atom. The van der Waals surface area contributed by atoms with Gasteiger partial charge in [-0.05, 0) is 37.8 Å². The zero-order valence-electron chi connectivity index (χ0n) is 9.90. The van der Waals surface area contributed by atoms with Gasteiger partial charge in [0.25, 0.3) is 0 Å². The summed E-state index contributed by atoms with van der Waals surface area (Å²) < 4.78 is 0. The van der Waals surface area contributed by atoms with Gasteiger partial charge in [0.1, 0.15) is 5.82 Å². The van der Waals surface area contributed by atoms with Crippen molar-refractivity contribution in [3.8, 4) is 0 Å². The number of hydrogen-bond donors (Lipinski definition) is 2. The predicted octanol–water partition coefficient (Wildman–Crippen LogP) is 1.87. The van der Waals surface area contributed by atoms with Crippen molar-refractivity contribution >= 4 is 11.2 Å². The summed E-state index contributed by atoms with van der Waals surface area (Å²) in [5, 5.41) is 3.65. The van der Waals surface area contributed by atoms with Gasteiger partial charge in [-0.3, -0.25) is 0 Å². The molecule has 4 nitrogen and oxygen atoms in total. The van der Waals surface area contributed by atoms with E-state index in [0.29, 0.717) is 18.0 Å². The Kier molecular flexibility index (Phi) is 1.86. The highest BCUT2D eigenvalue weighted by atomic mass is 15.1. The molecule has 4 heterocycles. The van der Waals surface area contributed by atoms with Crippen LogP contribution >= 0.6 is 0 Å². The topological polar surface area (TPSA) is 53.6 Å². The number of rotatable bonds is 1. The maximum absolute atomic E-state index is 4.65. The van der Waals surface area contributed by atoms with Crippen molar-refractivity contribution in [3.63, 3.8) is 0 Å². The van der Waals surface area contributed by atoms with Crippen LogP contribution in [0.4, 0.5) is 0 Å². The molecule has 17 heavy (non-hydrogen) atoms. The van der Waals surface area contributed by atoms with E-state index >= 15 is 0 Å². The molecule has 0 radical (unpaired) electrons. The molecule has 2 N–H and O–H groups in total. The number of hydrogen-bond acceptors (Lipinski definition) is 3. The molecule has 2 fully saturated rings. The summed E-state index contributed by atoms with van der Waals surface area (Å²) in [4.78, 5) is 12.5. The molecule has 3 unspecified atom stereocenters. The van der Waals surface area contributed by atoms with Gasteiger partial charge < -0.3 is 10.3 Å². The van der Waals surface area contributed by atoms with Gasteiger partial charge in [0.2, 0.25) is 0 Å². The molecular formula is C13H16N4. The molecule has 2 aliphatic rings. The van der Waals surface area contributed by atoms with E-state index in [0.717, 1.165) is 17.0 Å². The lowest BCUT2D eigenvalue weighted by Gasteiger charge is -2.17. The van der Waals surface area contributed by atoms with Crippen molar-refractivity contribution in [2.75, 3.05) is 0 Å². The predicted molar refractivity (Wildman–Crippen MR) is 65.9 cm³/mol. The van der Waals surface area contributed by atoms with Crippen LogP contribution in [0.5, 0.6) is 0 Å². The number of aromatic nitrogens is 3. The summed E-state index contributed by atoms with van der Waals surface area (Å²) in [7, 11) is 0. The second-order valence-electron chi connectivity index (χ2n) is 5.40. The van der Waals surface area contributed by atoms with Gasteiger partial charge in [-0.2, -0.15) is 0 Å². The van der Waals surface area contributed by atoms with Gasteiger partial charge in [-0.1, -0.05) is 0 Å². The summed E-state index contributed by atoms with van der Waals surface area (Å²) >= 11 is 0. The van der Waals surface area contributed by atoms with E-state index in [1.54, 1.807) is 0 Å².